The SMILES string of the molecule is CNc1ccc(C[C@H]2C(=O)N3CCC(=O)CC3C(=O)NC(c3ccccc3)C(=O)OC(C)C(NC(=O)c3ncccc3O)C(=O)N[C@H](C)C(=O)N3CCCC3C(=O)N2C)cc1. The Kier molecular flexibility index (Phi) is 13.6. The molecule has 0 bridgehead atoms. The Hall–Kier alpha value is -6.85. The van der Waals surface area contributed by atoms with E-state index in [2.05, 4.69) is 26.3 Å². The summed E-state index contributed by atoms with van der Waals surface area (Å²) in [5.41, 5.74) is 1.34. The average Bonchev–Trinajstić information content (AvgIpc) is 3.75. The second-order valence-corrected chi connectivity index (χ2v) is 15.4. The van der Waals surface area contributed by atoms with E-state index < -0.39 is 95.2 Å². The number of likely N-dealkylation sites (N-methyl/N-ethyl adjacent to an activating group) is 1. The molecule has 6 rings (SSSR count). The van der Waals surface area contributed by atoms with Gasteiger partial charge >= 0.3 is 5.97 Å². The van der Waals surface area contributed by atoms with E-state index in [9.17, 15) is 43.5 Å². The van der Waals surface area contributed by atoms with Crippen molar-refractivity contribution in [2.24, 2.45) is 0 Å². The smallest absolute Gasteiger partial charge is 0.333 e. The number of piperidine rings is 1. The number of fused-ring (bicyclic) bond motifs is 2. The molecule has 0 spiro atoms. The van der Waals surface area contributed by atoms with Gasteiger partial charge in [0.05, 0.1) is 0 Å². The highest BCUT2D eigenvalue weighted by Crippen LogP contribution is 2.26. The highest BCUT2D eigenvalue weighted by Gasteiger charge is 2.45. The first-order chi connectivity index (χ1) is 29.2. The van der Waals surface area contributed by atoms with Crippen molar-refractivity contribution in [3.8, 4) is 5.75 Å². The van der Waals surface area contributed by atoms with Gasteiger partial charge in [0.25, 0.3) is 5.91 Å². The van der Waals surface area contributed by atoms with E-state index in [4.69, 9.17) is 4.74 Å². The van der Waals surface area contributed by atoms with Crippen LogP contribution in [0, 0.1) is 0 Å². The fourth-order valence-corrected chi connectivity index (χ4v) is 7.89. The standard InChI is InChI=1S/C43H50N8O10/c1-24-40(57)50-20-9-12-30(50)41(58)49(4)32(22-26-14-16-28(44-3)17-15-26)42(59)51-21-18-29(52)23-31(51)37(54)48-35(27-10-6-5-7-11-27)43(60)61-25(2)34(38(55)46-24)47-39(56)36-33(53)13-8-19-45-36/h5-8,10-11,13-17,19,24-25,30-32,34-35,44,53H,9,12,18,20-23H2,1-4H3,(H,46,55)(H,47,56)(H,48,54)/t24-,25?,30?,31?,32+,34?,35?/m1/s1. The lowest BCUT2D eigenvalue weighted by atomic mass is 9.95. The largest absolute Gasteiger partial charge is 0.505 e. The Labute approximate surface area is 352 Å². The van der Waals surface area contributed by atoms with E-state index in [1.54, 1.807) is 49.5 Å². The van der Waals surface area contributed by atoms with Crippen LogP contribution in [0.25, 0.3) is 0 Å². The number of aromatic nitrogens is 1. The summed E-state index contributed by atoms with van der Waals surface area (Å²) in [5.74, 6) is -6.42. The summed E-state index contributed by atoms with van der Waals surface area (Å²) in [7, 11) is 3.22. The van der Waals surface area contributed by atoms with Gasteiger partial charge in [0.15, 0.2) is 11.7 Å². The zero-order valence-corrected chi connectivity index (χ0v) is 34.3. The van der Waals surface area contributed by atoms with E-state index >= 15 is 0 Å². The Bertz CT molecular complexity index is 2170. The molecular weight excluding hydrogens is 789 g/mol. The molecule has 322 valence electrons. The second-order valence-electron chi connectivity index (χ2n) is 15.4. The number of nitrogens with zero attached hydrogens (tertiary/aromatic N) is 4. The number of aromatic hydroxyl groups is 1. The predicted molar refractivity (Wildman–Crippen MR) is 218 cm³/mol. The van der Waals surface area contributed by atoms with Gasteiger partial charge < -0.3 is 45.8 Å². The van der Waals surface area contributed by atoms with Crippen molar-refractivity contribution in [3.05, 3.63) is 89.7 Å². The molecule has 0 radical (unpaired) electrons. The van der Waals surface area contributed by atoms with Crippen molar-refractivity contribution in [1.29, 1.82) is 0 Å². The Balaban J connectivity index is 1.42. The monoisotopic (exact) mass is 838 g/mol. The lowest BCUT2D eigenvalue weighted by Crippen LogP contribution is -2.61. The van der Waals surface area contributed by atoms with Crippen LogP contribution in [0.5, 0.6) is 5.75 Å². The molecule has 2 aromatic carbocycles. The predicted octanol–water partition coefficient (Wildman–Crippen LogP) is 0.856. The number of esters is 1. The van der Waals surface area contributed by atoms with Crippen molar-refractivity contribution >= 4 is 52.9 Å². The quantitative estimate of drug-likeness (QED) is 0.218. The number of nitrogens with one attached hydrogen (secondary N) is 4. The molecular formula is C43H50N8O10. The molecule has 0 saturated carbocycles. The molecule has 1 aromatic heterocycles. The van der Waals surface area contributed by atoms with Crippen molar-refractivity contribution in [1.82, 2.24) is 35.6 Å². The number of Topliss-reactive ketones (excluding diaryl/α,β-unsaturated/α-hetero) is 1. The number of carbonyl (C=O) groups is 8. The number of carbonyl (C=O) groups excluding carboxylic acids is 8. The van der Waals surface area contributed by atoms with Crippen molar-refractivity contribution in [2.45, 2.75) is 88.3 Å². The molecule has 3 aliphatic rings. The summed E-state index contributed by atoms with van der Waals surface area (Å²) in [4.78, 5) is 120. The fourth-order valence-electron chi connectivity index (χ4n) is 7.89. The summed E-state index contributed by atoms with van der Waals surface area (Å²) in [6, 6.07) is 9.79. The number of cyclic esters (lactones) is 1. The molecule has 18 nitrogen and oxygen atoms in total. The third-order valence-electron chi connectivity index (χ3n) is 11.3. The summed E-state index contributed by atoms with van der Waals surface area (Å²) in [6.45, 7) is 2.75. The Morgan fingerprint density at radius 1 is 0.852 bits per heavy atom. The molecule has 4 heterocycles. The molecule has 18 heteroatoms. The normalized spacial score (nSPS) is 25.9. The van der Waals surface area contributed by atoms with E-state index in [0.717, 1.165) is 5.69 Å². The van der Waals surface area contributed by atoms with Crippen LogP contribution in [-0.4, -0.2) is 135 Å². The number of ether oxygens (including phenoxy) is 1. The third-order valence-corrected chi connectivity index (χ3v) is 11.3. The maximum atomic E-state index is 14.9. The van der Waals surface area contributed by atoms with Crippen LogP contribution in [0.1, 0.15) is 67.2 Å². The number of rotatable bonds is 6. The van der Waals surface area contributed by atoms with Crippen LogP contribution in [0.4, 0.5) is 5.69 Å². The molecule has 3 aliphatic heterocycles. The number of hydrogen-bond donors (Lipinski definition) is 5. The van der Waals surface area contributed by atoms with Crippen LogP contribution in [0.3, 0.4) is 0 Å². The van der Waals surface area contributed by atoms with Gasteiger partial charge in [-0.05, 0) is 62.1 Å². The van der Waals surface area contributed by atoms with Gasteiger partial charge in [-0.1, -0.05) is 42.5 Å². The van der Waals surface area contributed by atoms with E-state index in [1.165, 1.54) is 53.9 Å². The van der Waals surface area contributed by atoms with Crippen molar-refractivity contribution in [2.75, 3.05) is 32.5 Å². The van der Waals surface area contributed by atoms with Gasteiger partial charge in [-0.3, -0.25) is 33.6 Å². The van der Waals surface area contributed by atoms with Gasteiger partial charge in [-0.2, -0.15) is 0 Å². The van der Waals surface area contributed by atoms with Gasteiger partial charge in [-0.25, -0.2) is 9.78 Å². The number of amides is 6. The second kappa shape index (κ2) is 19.0. The molecule has 5 unspecified atom stereocenters. The number of benzene rings is 2. The van der Waals surface area contributed by atoms with Gasteiger partial charge in [0.1, 0.15) is 47.8 Å². The minimum Gasteiger partial charge on any atom is -0.505 e. The molecule has 7 atom stereocenters. The Morgan fingerprint density at radius 2 is 1.56 bits per heavy atom. The summed E-state index contributed by atoms with van der Waals surface area (Å²) in [6.07, 6.45) is 0.0883. The topological polar surface area (TPSA) is 237 Å². The lowest BCUT2D eigenvalue weighted by molar-refractivity contribution is -0.156. The van der Waals surface area contributed by atoms with Crippen LogP contribution in [0.15, 0.2) is 72.9 Å². The fraction of sp³-hybridized carbons (Fsp3) is 0.419. The van der Waals surface area contributed by atoms with Crippen LogP contribution in [0.2, 0.25) is 0 Å². The zero-order chi connectivity index (χ0) is 44.0. The van der Waals surface area contributed by atoms with E-state index in [1.807, 2.05) is 12.1 Å². The molecule has 6 amide bonds. The van der Waals surface area contributed by atoms with Gasteiger partial charge in [0.2, 0.25) is 29.5 Å². The van der Waals surface area contributed by atoms with Crippen molar-refractivity contribution < 1.29 is 48.2 Å². The van der Waals surface area contributed by atoms with Gasteiger partial charge in [-0.15, -0.1) is 0 Å². The summed E-state index contributed by atoms with van der Waals surface area (Å²) < 4.78 is 5.81. The first-order valence-electron chi connectivity index (χ1n) is 20.2. The highest BCUT2D eigenvalue weighted by molar-refractivity contribution is 6.01. The maximum Gasteiger partial charge on any atom is 0.333 e. The minimum atomic E-state index is -1.68. The Morgan fingerprint density at radius 3 is 2.25 bits per heavy atom. The number of pyridine rings is 1. The zero-order valence-electron chi connectivity index (χ0n) is 34.3. The first kappa shape index (κ1) is 43.7. The van der Waals surface area contributed by atoms with Crippen LogP contribution >= 0.6 is 0 Å². The van der Waals surface area contributed by atoms with Crippen molar-refractivity contribution in [3.63, 3.8) is 0 Å². The molecule has 5 N–H and O–H groups in total. The molecule has 3 aromatic rings. The maximum absolute atomic E-state index is 14.9. The highest BCUT2D eigenvalue weighted by atomic mass is 16.5. The average molecular weight is 839 g/mol. The number of ketones is 1. The van der Waals surface area contributed by atoms with Crippen LogP contribution in [-0.2, 0) is 44.7 Å². The van der Waals surface area contributed by atoms with E-state index in [0.29, 0.717) is 12.0 Å². The first-order valence-corrected chi connectivity index (χ1v) is 20.2. The number of hydrogen-bond acceptors (Lipinski definition) is 12. The number of anilines is 1. The molecule has 61 heavy (non-hydrogen) atoms. The van der Waals surface area contributed by atoms with E-state index in [-0.39, 0.29) is 50.1 Å². The lowest BCUT2D eigenvalue weighted by Gasteiger charge is -2.40. The molecule has 3 fully saturated rings. The molecule has 3 saturated heterocycles. The third kappa shape index (κ3) is 9.80. The minimum absolute atomic E-state index is 0.0250. The van der Waals surface area contributed by atoms with Gasteiger partial charge in [0, 0.05) is 58.3 Å². The molecule has 0 aliphatic carbocycles. The summed E-state index contributed by atoms with van der Waals surface area (Å²) >= 11 is 0. The van der Waals surface area contributed by atoms with Crippen LogP contribution < -0.4 is 21.3 Å². The summed E-state index contributed by atoms with van der Waals surface area (Å²) in [5, 5.41) is 21.1.